The van der Waals surface area contributed by atoms with Gasteiger partial charge in [0.15, 0.2) is 5.78 Å². The second-order valence-electron chi connectivity index (χ2n) is 7.14. The van der Waals surface area contributed by atoms with E-state index in [0.29, 0.717) is 40.6 Å². The van der Waals surface area contributed by atoms with Crippen molar-refractivity contribution in [1.29, 1.82) is 0 Å². The molecule has 3 rings (SSSR count). The molecule has 0 aliphatic rings. The van der Waals surface area contributed by atoms with Crippen molar-refractivity contribution in [1.82, 2.24) is 9.71 Å². The molecule has 0 unspecified atom stereocenters. The number of hydrogen-bond donors (Lipinski definition) is 2. The van der Waals surface area contributed by atoms with Crippen LogP contribution in [-0.2, 0) is 16.4 Å². The molecule has 6 nitrogen and oxygen atoms in total. The number of methoxy groups -OCH3 is 1. The van der Waals surface area contributed by atoms with Crippen LogP contribution in [0.5, 0.6) is 5.75 Å². The van der Waals surface area contributed by atoms with E-state index in [4.69, 9.17) is 27.9 Å². The van der Waals surface area contributed by atoms with Gasteiger partial charge in [0.25, 0.3) is 0 Å². The SMILES string of the molecule is COc1ccc2[nH]c(C)c(CCNS(=O)(=O)CCCCl)c2c1C(=O)c1ccc(Cl)cc1. The quantitative estimate of drug-likeness (QED) is 0.329. The Kier molecular flexibility index (Phi) is 7.64. The minimum Gasteiger partial charge on any atom is -0.496 e. The zero-order chi connectivity index (χ0) is 22.6. The Hall–Kier alpha value is -2.06. The number of alkyl halides is 1. The summed E-state index contributed by atoms with van der Waals surface area (Å²) in [4.78, 5) is 16.7. The van der Waals surface area contributed by atoms with Crippen LogP contribution in [0.3, 0.4) is 0 Å². The number of aromatic amines is 1. The van der Waals surface area contributed by atoms with Crippen molar-refractivity contribution in [2.75, 3.05) is 25.3 Å². The Labute approximate surface area is 191 Å². The van der Waals surface area contributed by atoms with Crippen molar-refractivity contribution in [3.63, 3.8) is 0 Å². The molecule has 0 fully saturated rings. The summed E-state index contributed by atoms with van der Waals surface area (Å²) in [6.07, 6.45) is 0.806. The maximum absolute atomic E-state index is 13.4. The fourth-order valence-corrected chi connectivity index (χ4v) is 5.07. The van der Waals surface area contributed by atoms with Gasteiger partial charge in [-0.15, -0.1) is 11.6 Å². The van der Waals surface area contributed by atoms with Gasteiger partial charge in [-0.05, 0) is 61.7 Å². The maximum atomic E-state index is 13.4. The number of nitrogens with one attached hydrogen (secondary N) is 2. The number of ether oxygens (including phenoxy) is 1. The number of aryl methyl sites for hydroxylation is 1. The number of aromatic nitrogens is 1. The number of fused-ring (bicyclic) bond motifs is 1. The van der Waals surface area contributed by atoms with Gasteiger partial charge in [-0.3, -0.25) is 4.79 Å². The number of halogens is 2. The molecule has 9 heteroatoms. The number of rotatable bonds is 10. The van der Waals surface area contributed by atoms with E-state index in [1.807, 2.05) is 13.0 Å². The van der Waals surface area contributed by atoms with Crippen molar-refractivity contribution in [3.05, 3.63) is 63.8 Å². The predicted octanol–water partition coefficient (Wildman–Crippen LogP) is 4.46. The minimum absolute atomic E-state index is 0.0164. The number of benzene rings is 2. The lowest BCUT2D eigenvalue weighted by molar-refractivity contribution is 0.103. The first kappa shape index (κ1) is 23.6. The van der Waals surface area contributed by atoms with E-state index in [1.165, 1.54) is 7.11 Å². The van der Waals surface area contributed by atoms with E-state index in [1.54, 1.807) is 30.3 Å². The molecule has 3 aromatic rings. The zero-order valence-corrected chi connectivity index (χ0v) is 19.6. The van der Waals surface area contributed by atoms with Gasteiger partial charge < -0.3 is 9.72 Å². The van der Waals surface area contributed by atoms with Gasteiger partial charge in [0.05, 0.1) is 18.4 Å². The summed E-state index contributed by atoms with van der Waals surface area (Å²) >= 11 is 11.6. The van der Waals surface area contributed by atoms with Gasteiger partial charge in [-0.25, -0.2) is 13.1 Å². The molecular weight excluding hydrogens is 459 g/mol. The van der Waals surface area contributed by atoms with Crippen molar-refractivity contribution in [2.45, 2.75) is 19.8 Å². The third kappa shape index (κ3) is 5.41. The highest BCUT2D eigenvalue weighted by atomic mass is 35.5. The summed E-state index contributed by atoms with van der Waals surface area (Å²) < 4.78 is 32.3. The van der Waals surface area contributed by atoms with E-state index in [2.05, 4.69) is 9.71 Å². The van der Waals surface area contributed by atoms with E-state index in [-0.39, 0.29) is 18.1 Å². The van der Waals surface area contributed by atoms with Crippen molar-refractivity contribution >= 4 is 49.9 Å². The van der Waals surface area contributed by atoms with Gasteiger partial charge in [-0.2, -0.15) is 0 Å². The van der Waals surface area contributed by atoms with Crippen LogP contribution >= 0.6 is 23.2 Å². The lowest BCUT2D eigenvalue weighted by atomic mass is 9.95. The number of carbonyl (C=O) groups is 1. The molecule has 2 aromatic carbocycles. The summed E-state index contributed by atoms with van der Waals surface area (Å²) in [6, 6.07) is 10.3. The molecule has 2 N–H and O–H groups in total. The molecule has 0 aliphatic carbocycles. The third-order valence-electron chi connectivity index (χ3n) is 5.04. The molecule has 1 aromatic heterocycles. The third-order valence-corrected chi connectivity index (χ3v) is 7.03. The van der Waals surface area contributed by atoms with Crippen molar-refractivity contribution in [3.8, 4) is 5.75 Å². The molecule has 0 bridgehead atoms. The monoisotopic (exact) mass is 482 g/mol. The van der Waals surface area contributed by atoms with Gasteiger partial charge in [0, 0.05) is 39.6 Å². The largest absolute Gasteiger partial charge is 0.496 e. The number of carbonyl (C=O) groups excluding carboxylic acids is 1. The normalized spacial score (nSPS) is 11.7. The van der Waals surface area contributed by atoms with E-state index in [0.717, 1.165) is 22.2 Å². The molecule has 0 spiro atoms. The molecule has 31 heavy (non-hydrogen) atoms. The Morgan fingerprint density at radius 1 is 1.16 bits per heavy atom. The van der Waals surface area contributed by atoms with Crippen LogP contribution in [0.25, 0.3) is 10.9 Å². The van der Waals surface area contributed by atoms with Gasteiger partial charge in [0.2, 0.25) is 10.0 Å². The second kappa shape index (κ2) is 10.0. The average Bonchev–Trinajstić information content (AvgIpc) is 3.06. The fourth-order valence-electron chi connectivity index (χ4n) is 3.57. The molecule has 166 valence electrons. The zero-order valence-electron chi connectivity index (χ0n) is 17.3. The predicted molar refractivity (Wildman–Crippen MR) is 125 cm³/mol. The second-order valence-corrected chi connectivity index (χ2v) is 9.88. The highest BCUT2D eigenvalue weighted by Gasteiger charge is 2.23. The van der Waals surface area contributed by atoms with E-state index >= 15 is 0 Å². The minimum atomic E-state index is -3.40. The van der Waals surface area contributed by atoms with Crippen LogP contribution in [0.4, 0.5) is 0 Å². The van der Waals surface area contributed by atoms with Gasteiger partial charge >= 0.3 is 0 Å². The number of hydrogen-bond acceptors (Lipinski definition) is 4. The highest BCUT2D eigenvalue weighted by Crippen LogP contribution is 2.34. The van der Waals surface area contributed by atoms with E-state index in [9.17, 15) is 13.2 Å². The summed E-state index contributed by atoms with van der Waals surface area (Å²) in [5, 5.41) is 1.28. The summed E-state index contributed by atoms with van der Waals surface area (Å²) in [7, 11) is -1.88. The van der Waals surface area contributed by atoms with Crippen LogP contribution in [-0.4, -0.2) is 44.5 Å². The summed E-state index contributed by atoms with van der Waals surface area (Å²) in [5.74, 6) is 0.535. The topological polar surface area (TPSA) is 88.3 Å². The number of sulfonamides is 1. The number of ketones is 1. The molecule has 0 saturated carbocycles. The molecular formula is C22H24Cl2N2O4S. The highest BCUT2D eigenvalue weighted by molar-refractivity contribution is 7.89. The van der Waals surface area contributed by atoms with E-state index < -0.39 is 10.0 Å². The average molecular weight is 483 g/mol. The molecule has 0 saturated heterocycles. The summed E-state index contributed by atoms with van der Waals surface area (Å²) in [6.45, 7) is 2.12. The van der Waals surface area contributed by atoms with Crippen LogP contribution in [0.1, 0.15) is 33.6 Å². The van der Waals surface area contributed by atoms with Crippen LogP contribution < -0.4 is 9.46 Å². The Balaban J connectivity index is 2.00. The van der Waals surface area contributed by atoms with Crippen molar-refractivity contribution < 1.29 is 17.9 Å². The first-order valence-corrected chi connectivity index (χ1v) is 12.4. The Morgan fingerprint density at radius 2 is 1.87 bits per heavy atom. The summed E-state index contributed by atoms with van der Waals surface area (Å²) in [5.41, 5.74) is 3.45. The molecule has 0 radical (unpaired) electrons. The number of H-pyrrole nitrogens is 1. The molecule has 0 aliphatic heterocycles. The first-order valence-electron chi connectivity index (χ1n) is 9.79. The lowest BCUT2D eigenvalue weighted by Crippen LogP contribution is -2.28. The first-order chi connectivity index (χ1) is 14.8. The van der Waals surface area contributed by atoms with Crippen LogP contribution in [0.2, 0.25) is 5.02 Å². The smallest absolute Gasteiger partial charge is 0.211 e. The molecule has 0 atom stereocenters. The molecule has 1 heterocycles. The Bertz CT molecular complexity index is 1190. The van der Waals surface area contributed by atoms with Crippen LogP contribution in [0.15, 0.2) is 36.4 Å². The lowest BCUT2D eigenvalue weighted by Gasteiger charge is -2.12. The van der Waals surface area contributed by atoms with Gasteiger partial charge in [0.1, 0.15) is 5.75 Å². The maximum Gasteiger partial charge on any atom is 0.211 e. The van der Waals surface area contributed by atoms with Crippen molar-refractivity contribution in [2.24, 2.45) is 0 Å². The van der Waals surface area contributed by atoms with Crippen LogP contribution in [0, 0.1) is 6.92 Å². The fraction of sp³-hybridized carbons (Fsp3) is 0.318. The van der Waals surface area contributed by atoms with Gasteiger partial charge in [-0.1, -0.05) is 11.6 Å². The Morgan fingerprint density at radius 3 is 2.52 bits per heavy atom. The standard InChI is InChI=1S/C22H24Cl2N2O4S/c1-14-17(10-12-25-31(28,29)13-3-11-23)20-18(26-14)8-9-19(30-2)21(20)22(27)15-4-6-16(24)7-5-15/h4-9,25-26H,3,10-13H2,1-2H3. The molecule has 0 amide bonds.